The van der Waals surface area contributed by atoms with Crippen LogP contribution in [-0.4, -0.2) is 28.2 Å². The van der Waals surface area contributed by atoms with Gasteiger partial charge in [-0.2, -0.15) is 0 Å². The Balaban J connectivity index is 2.96. The van der Waals surface area contributed by atoms with Crippen LogP contribution in [0.15, 0.2) is 17.0 Å². The van der Waals surface area contributed by atoms with Crippen LogP contribution in [0, 0.1) is 6.92 Å². The van der Waals surface area contributed by atoms with E-state index in [0.29, 0.717) is 31.1 Å². The summed E-state index contributed by atoms with van der Waals surface area (Å²) in [5, 5.41) is 5.24. The zero-order valence-corrected chi connectivity index (χ0v) is 14.0. The Hall–Kier alpha value is -1.11. The monoisotopic (exact) mass is 315 g/mol. The Kier molecular flexibility index (Phi) is 6.64. The van der Waals surface area contributed by atoms with Gasteiger partial charge in [0, 0.05) is 6.61 Å². The molecule has 1 aromatic rings. The normalized spacial score (nSPS) is 11.9. The third-order valence-corrected chi connectivity index (χ3v) is 4.12. The molecule has 5 nitrogen and oxygen atoms in total. The second-order valence-electron chi connectivity index (χ2n) is 5.32. The molecule has 0 unspecified atom stereocenters. The molecule has 0 saturated carbocycles. The van der Waals surface area contributed by atoms with Crippen molar-refractivity contribution in [1.82, 2.24) is 0 Å². The molecular formula is C15H25NO4S. The first-order valence-corrected chi connectivity index (χ1v) is 8.69. The number of ether oxygens (including phenoxy) is 2. The van der Waals surface area contributed by atoms with E-state index in [2.05, 4.69) is 0 Å². The van der Waals surface area contributed by atoms with Gasteiger partial charge in [-0.3, -0.25) is 0 Å². The van der Waals surface area contributed by atoms with Crippen molar-refractivity contribution in [3.8, 4) is 5.75 Å². The predicted molar refractivity (Wildman–Crippen MR) is 83.2 cm³/mol. The number of hydrogen-bond acceptors (Lipinski definition) is 4. The molecule has 0 spiro atoms. The van der Waals surface area contributed by atoms with Gasteiger partial charge < -0.3 is 9.47 Å². The van der Waals surface area contributed by atoms with Crippen molar-refractivity contribution in [1.29, 1.82) is 0 Å². The summed E-state index contributed by atoms with van der Waals surface area (Å²) in [7, 11) is -3.72. The summed E-state index contributed by atoms with van der Waals surface area (Å²) in [4.78, 5) is 0.154. The van der Waals surface area contributed by atoms with E-state index in [0.717, 1.165) is 12.0 Å². The van der Waals surface area contributed by atoms with Gasteiger partial charge in [-0.25, -0.2) is 13.6 Å². The van der Waals surface area contributed by atoms with Crippen LogP contribution in [-0.2, 0) is 14.8 Å². The van der Waals surface area contributed by atoms with Crippen LogP contribution in [0.4, 0.5) is 0 Å². The topological polar surface area (TPSA) is 78.6 Å². The Labute approximate surface area is 127 Å². The molecule has 0 aliphatic rings. The lowest BCUT2D eigenvalue weighted by atomic mass is 10.0. The molecule has 0 aliphatic heterocycles. The zero-order chi connectivity index (χ0) is 16.0. The van der Waals surface area contributed by atoms with Gasteiger partial charge in [0.05, 0.1) is 11.5 Å². The van der Waals surface area contributed by atoms with Crippen LogP contribution in [0.3, 0.4) is 0 Å². The minimum Gasteiger partial charge on any atom is -0.491 e. The van der Waals surface area contributed by atoms with Crippen molar-refractivity contribution in [2.75, 3.05) is 19.8 Å². The fraction of sp³-hybridized carbons (Fsp3) is 0.600. The van der Waals surface area contributed by atoms with Crippen molar-refractivity contribution in [2.45, 2.75) is 44.9 Å². The van der Waals surface area contributed by atoms with Crippen LogP contribution < -0.4 is 9.88 Å². The largest absolute Gasteiger partial charge is 0.491 e. The van der Waals surface area contributed by atoms with E-state index in [1.54, 1.807) is 19.1 Å². The summed E-state index contributed by atoms with van der Waals surface area (Å²) in [6.45, 7) is 9.40. The molecule has 0 saturated heterocycles. The highest BCUT2D eigenvalue weighted by atomic mass is 32.2. The lowest BCUT2D eigenvalue weighted by Gasteiger charge is -2.17. The minimum atomic E-state index is -3.72. The Bertz CT molecular complexity index is 567. The molecule has 1 aromatic carbocycles. The maximum absolute atomic E-state index is 11.6. The zero-order valence-electron chi connectivity index (χ0n) is 13.2. The molecule has 0 fully saturated rings. The fourth-order valence-electron chi connectivity index (χ4n) is 2.02. The number of benzene rings is 1. The molecule has 1 rings (SSSR count). The summed E-state index contributed by atoms with van der Waals surface area (Å²) in [5.74, 6) is 0.827. The van der Waals surface area contributed by atoms with Crippen LogP contribution in [0.25, 0.3) is 0 Å². The van der Waals surface area contributed by atoms with Crippen LogP contribution >= 0.6 is 0 Å². The van der Waals surface area contributed by atoms with E-state index < -0.39 is 10.0 Å². The van der Waals surface area contributed by atoms with Gasteiger partial charge in [0.1, 0.15) is 12.4 Å². The predicted octanol–water partition coefficient (Wildman–Crippen LogP) is 2.57. The second kappa shape index (κ2) is 7.77. The Morgan fingerprint density at radius 2 is 1.86 bits per heavy atom. The molecule has 0 atom stereocenters. The van der Waals surface area contributed by atoms with Crippen molar-refractivity contribution in [2.24, 2.45) is 5.14 Å². The number of primary sulfonamides is 1. The van der Waals surface area contributed by atoms with Gasteiger partial charge >= 0.3 is 0 Å². The van der Waals surface area contributed by atoms with E-state index in [4.69, 9.17) is 14.6 Å². The standard InChI is InChI=1S/C15H25NO4S/c1-5-6-19-7-8-20-14-9-12(4)15(21(16,17)18)10-13(14)11(2)3/h9-11H,5-8H2,1-4H3,(H2,16,17,18). The van der Waals surface area contributed by atoms with Crippen molar-refractivity contribution in [3.63, 3.8) is 0 Å². The third-order valence-electron chi connectivity index (χ3n) is 3.07. The van der Waals surface area contributed by atoms with Gasteiger partial charge in [0.2, 0.25) is 10.0 Å². The summed E-state index contributed by atoms with van der Waals surface area (Å²) < 4.78 is 34.3. The summed E-state index contributed by atoms with van der Waals surface area (Å²) in [5.41, 5.74) is 1.42. The van der Waals surface area contributed by atoms with Gasteiger partial charge in [0.15, 0.2) is 0 Å². The highest BCUT2D eigenvalue weighted by Gasteiger charge is 2.17. The van der Waals surface area contributed by atoms with Gasteiger partial charge in [-0.1, -0.05) is 20.8 Å². The average Bonchev–Trinajstić information content (AvgIpc) is 2.36. The first kappa shape index (κ1) is 17.9. The molecule has 0 amide bonds. The summed E-state index contributed by atoms with van der Waals surface area (Å²) in [6.07, 6.45) is 0.972. The lowest BCUT2D eigenvalue weighted by Crippen LogP contribution is -2.15. The maximum atomic E-state index is 11.6. The molecule has 0 aromatic heterocycles. The lowest BCUT2D eigenvalue weighted by molar-refractivity contribution is 0.100. The Morgan fingerprint density at radius 1 is 1.19 bits per heavy atom. The smallest absolute Gasteiger partial charge is 0.238 e. The first-order valence-electron chi connectivity index (χ1n) is 7.15. The molecule has 0 bridgehead atoms. The molecular weight excluding hydrogens is 290 g/mol. The quantitative estimate of drug-likeness (QED) is 0.748. The minimum absolute atomic E-state index is 0.137. The maximum Gasteiger partial charge on any atom is 0.238 e. The van der Waals surface area contributed by atoms with E-state index in [-0.39, 0.29) is 10.8 Å². The fourth-order valence-corrected chi connectivity index (χ4v) is 2.82. The van der Waals surface area contributed by atoms with E-state index in [1.807, 2.05) is 20.8 Å². The van der Waals surface area contributed by atoms with Crippen molar-refractivity contribution < 1.29 is 17.9 Å². The summed E-state index contributed by atoms with van der Waals surface area (Å²) in [6, 6.07) is 3.34. The number of nitrogens with two attached hydrogens (primary N) is 1. The van der Waals surface area contributed by atoms with Crippen LogP contribution in [0.2, 0.25) is 0 Å². The van der Waals surface area contributed by atoms with E-state index in [9.17, 15) is 8.42 Å². The second-order valence-corrected chi connectivity index (χ2v) is 6.85. The first-order chi connectivity index (χ1) is 9.77. The van der Waals surface area contributed by atoms with Crippen LogP contribution in [0.1, 0.15) is 44.2 Å². The third kappa shape index (κ3) is 5.30. The number of rotatable bonds is 8. The molecule has 0 radical (unpaired) electrons. The molecule has 120 valence electrons. The highest BCUT2D eigenvalue weighted by molar-refractivity contribution is 7.89. The highest BCUT2D eigenvalue weighted by Crippen LogP contribution is 2.31. The molecule has 2 N–H and O–H groups in total. The molecule has 0 aliphatic carbocycles. The average molecular weight is 315 g/mol. The van der Waals surface area contributed by atoms with Gasteiger partial charge in [-0.05, 0) is 42.5 Å². The number of hydrogen-bond donors (Lipinski definition) is 1. The summed E-state index contributed by atoms with van der Waals surface area (Å²) >= 11 is 0. The molecule has 0 heterocycles. The van der Waals surface area contributed by atoms with Crippen molar-refractivity contribution in [3.05, 3.63) is 23.3 Å². The Morgan fingerprint density at radius 3 is 2.38 bits per heavy atom. The number of aryl methyl sites for hydroxylation is 1. The van der Waals surface area contributed by atoms with E-state index in [1.165, 1.54) is 0 Å². The number of sulfonamides is 1. The van der Waals surface area contributed by atoms with Crippen molar-refractivity contribution >= 4 is 10.0 Å². The molecule has 21 heavy (non-hydrogen) atoms. The van der Waals surface area contributed by atoms with Crippen LogP contribution in [0.5, 0.6) is 5.75 Å². The van der Waals surface area contributed by atoms with Gasteiger partial charge in [-0.15, -0.1) is 0 Å². The van der Waals surface area contributed by atoms with Gasteiger partial charge in [0.25, 0.3) is 0 Å². The van der Waals surface area contributed by atoms with E-state index >= 15 is 0 Å². The molecule has 6 heteroatoms. The SMILES string of the molecule is CCCOCCOc1cc(C)c(S(N)(=O)=O)cc1C(C)C.